The maximum Gasteiger partial charge on any atom is 0.252 e. The second-order valence-electron chi connectivity index (χ2n) is 11.2. The second-order valence-corrected chi connectivity index (χ2v) is 11.2. The molecule has 4 aromatic carbocycles. The predicted octanol–water partition coefficient (Wildman–Crippen LogP) is 7.86. The van der Waals surface area contributed by atoms with Gasteiger partial charge in [0.25, 0.3) is 5.91 Å². The summed E-state index contributed by atoms with van der Waals surface area (Å²) in [5.41, 5.74) is 12.6. The van der Waals surface area contributed by atoms with Crippen molar-refractivity contribution < 1.29 is 19.4 Å². The van der Waals surface area contributed by atoms with Crippen LogP contribution in [0.5, 0.6) is 5.75 Å². The van der Waals surface area contributed by atoms with Crippen LogP contribution in [0.15, 0.2) is 113 Å². The number of nitrogens with one attached hydrogen (secondary N) is 1. The fourth-order valence-electron chi connectivity index (χ4n) is 5.59. The highest BCUT2D eigenvalue weighted by molar-refractivity contribution is 6.01. The molecule has 0 radical (unpaired) electrons. The van der Waals surface area contributed by atoms with Gasteiger partial charge in [0, 0.05) is 42.2 Å². The number of aliphatic imine (C=N–C) groups is 1. The summed E-state index contributed by atoms with van der Waals surface area (Å²) in [6.07, 6.45) is 2.79. The van der Waals surface area contributed by atoms with E-state index in [0.29, 0.717) is 48.0 Å². The number of benzene rings is 4. The summed E-state index contributed by atoms with van der Waals surface area (Å²) in [5.74, 6) is 0.742. The Labute approximate surface area is 269 Å². The average Bonchev–Trinajstić information content (AvgIpc) is 3.49. The number of hydrogen-bond donors (Lipinski definition) is 2. The van der Waals surface area contributed by atoms with E-state index in [1.165, 1.54) is 0 Å². The minimum Gasteiger partial charge on any atom is -0.494 e. The van der Waals surface area contributed by atoms with E-state index in [4.69, 9.17) is 19.6 Å². The smallest absolute Gasteiger partial charge is 0.252 e. The third-order valence-corrected chi connectivity index (χ3v) is 8.02. The molecule has 0 bridgehead atoms. The summed E-state index contributed by atoms with van der Waals surface area (Å²) < 4.78 is 12.4. The van der Waals surface area contributed by atoms with Crippen LogP contribution < -0.4 is 10.1 Å². The lowest BCUT2D eigenvalue weighted by Crippen LogP contribution is -2.50. The molecule has 0 fully saturated rings. The van der Waals surface area contributed by atoms with Gasteiger partial charge in [-0.3, -0.25) is 4.79 Å². The van der Waals surface area contributed by atoms with Crippen LogP contribution in [0.2, 0.25) is 0 Å². The van der Waals surface area contributed by atoms with Gasteiger partial charge >= 0.3 is 0 Å². The Balaban J connectivity index is 1.58. The van der Waals surface area contributed by atoms with Crippen LogP contribution in [0.25, 0.3) is 21.6 Å². The number of unbranched alkanes of at least 4 members (excludes halogenated alkanes) is 2. The molecule has 1 aliphatic heterocycles. The first-order valence-electron chi connectivity index (χ1n) is 15.7. The highest BCUT2D eigenvalue weighted by Gasteiger charge is 2.53. The summed E-state index contributed by atoms with van der Waals surface area (Å²) in [5, 5.41) is 16.1. The van der Waals surface area contributed by atoms with Crippen molar-refractivity contribution in [3.05, 3.63) is 130 Å². The number of azide groups is 1. The quantitative estimate of drug-likeness (QED) is 0.0609. The van der Waals surface area contributed by atoms with Crippen LogP contribution in [0.3, 0.4) is 0 Å². The Morgan fingerprint density at radius 2 is 1.63 bits per heavy atom. The van der Waals surface area contributed by atoms with Crippen LogP contribution in [0, 0.1) is 0 Å². The molecule has 5 rings (SSSR count). The van der Waals surface area contributed by atoms with Crippen LogP contribution >= 0.6 is 0 Å². The van der Waals surface area contributed by atoms with Crippen molar-refractivity contribution >= 4 is 17.5 Å². The Morgan fingerprint density at radius 3 is 2.35 bits per heavy atom. The van der Waals surface area contributed by atoms with Crippen molar-refractivity contribution in [3.63, 3.8) is 0 Å². The number of amides is 1. The predicted molar refractivity (Wildman–Crippen MR) is 180 cm³/mol. The molecule has 9 heteroatoms. The molecule has 0 spiro atoms. The second kappa shape index (κ2) is 15.8. The summed E-state index contributed by atoms with van der Waals surface area (Å²) in [6.45, 7) is 3.09. The fourth-order valence-corrected chi connectivity index (χ4v) is 5.59. The van der Waals surface area contributed by atoms with Crippen LogP contribution in [0.1, 0.15) is 55.4 Å². The maximum absolute atomic E-state index is 14.4. The van der Waals surface area contributed by atoms with Gasteiger partial charge in [0.1, 0.15) is 5.75 Å². The zero-order chi connectivity index (χ0) is 32.2. The first-order valence-corrected chi connectivity index (χ1v) is 15.7. The highest BCUT2D eigenvalue weighted by Crippen LogP contribution is 2.44. The minimum atomic E-state index is -1.40. The zero-order valence-corrected chi connectivity index (χ0v) is 26.0. The normalized spacial score (nSPS) is 17.0. The number of ether oxygens (including phenoxy) is 2. The molecule has 2 N–H and O–H groups in total. The molecule has 0 aromatic heterocycles. The van der Waals surface area contributed by atoms with E-state index >= 15 is 0 Å². The summed E-state index contributed by atoms with van der Waals surface area (Å²) in [4.78, 5) is 22.5. The lowest BCUT2D eigenvalue weighted by molar-refractivity contribution is -0.128. The van der Waals surface area contributed by atoms with Gasteiger partial charge in [-0.15, -0.1) is 0 Å². The number of aliphatic hydroxyl groups is 1. The van der Waals surface area contributed by atoms with E-state index in [2.05, 4.69) is 34.4 Å². The molecule has 0 aliphatic carbocycles. The number of nitrogens with zero attached hydrogens (tertiary/aromatic N) is 4. The van der Waals surface area contributed by atoms with Crippen molar-refractivity contribution in [1.82, 2.24) is 5.32 Å². The van der Waals surface area contributed by atoms with E-state index in [9.17, 15) is 10.3 Å². The van der Waals surface area contributed by atoms with E-state index in [-0.39, 0.29) is 18.9 Å². The van der Waals surface area contributed by atoms with Gasteiger partial charge < -0.3 is 19.9 Å². The molecular weight excluding hydrogens is 578 g/mol. The molecule has 1 heterocycles. The maximum atomic E-state index is 14.4. The van der Waals surface area contributed by atoms with Gasteiger partial charge in [0.05, 0.1) is 6.61 Å². The molecule has 2 atom stereocenters. The topological polar surface area (TPSA) is 129 Å². The minimum absolute atomic E-state index is 0.0574. The van der Waals surface area contributed by atoms with Gasteiger partial charge in [-0.25, -0.2) is 4.99 Å². The van der Waals surface area contributed by atoms with Crippen molar-refractivity contribution in [3.8, 4) is 16.9 Å². The van der Waals surface area contributed by atoms with Crippen LogP contribution in [-0.4, -0.2) is 42.2 Å². The monoisotopic (exact) mass is 617 g/mol. The molecule has 0 unspecified atom stereocenters. The highest BCUT2D eigenvalue weighted by atomic mass is 16.5. The molecule has 0 saturated heterocycles. The number of carbonyl (C=O) groups excluding carboxylic acids is 1. The molecule has 9 nitrogen and oxygen atoms in total. The van der Waals surface area contributed by atoms with E-state index in [1.54, 1.807) is 12.1 Å². The summed E-state index contributed by atoms with van der Waals surface area (Å²) >= 11 is 0. The molecular formula is C37H39N5O4. The number of aliphatic hydroxyl groups excluding tert-OH is 1. The molecule has 1 amide bonds. The Morgan fingerprint density at radius 1 is 0.935 bits per heavy atom. The molecule has 1 aliphatic rings. The Bertz CT molecular complexity index is 1670. The summed E-state index contributed by atoms with van der Waals surface area (Å²) in [6, 6.07) is 32.7. The van der Waals surface area contributed by atoms with Crippen LogP contribution in [0.4, 0.5) is 5.69 Å². The number of hydrogen-bond acceptors (Lipinski definition) is 6. The van der Waals surface area contributed by atoms with Crippen molar-refractivity contribution in [1.29, 1.82) is 0 Å². The van der Waals surface area contributed by atoms with E-state index in [1.807, 2.05) is 78.9 Å². The number of carbonyl (C=O) groups is 1. The first-order chi connectivity index (χ1) is 22.6. The fraction of sp³-hybridized carbons (Fsp3) is 0.297. The molecule has 0 saturated carbocycles. The Kier molecular flexibility index (Phi) is 11.1. The zero-order valence-electron chi connectivity index (χ0n) is 26.0. The summed E-state index contributed by atoms with van der Waals surface area (Å²) in [7, 11) is 0. The average molecular weight is 618 g/mol. The largest absolute Gasteiger partial charge is 0.494 e. The SMILES string of the molecule is CCCCCNC(=O)[C@]1(Cc2ccccc2N=[N+]=[N-])N=C(c2ccc(OCCCO)cc2)O[C@@H]1c1ccc(-c2ccccc2)cc1. The van der Waals surface area contributed by atoms with Gasteiger partial charge in [0.2, 0.25) is 5.90 Å². The van der Waals surface area contributed by atoms with Gasteiger partial charge in [0.15, 0.2) is 11.6 Å². The first kappa shape index (κ1) is 32.3. The van der Waals surface area contributed by atoms with E-state index in [0.717, 1.165) is 36.0 Å². The van der Waals surface area contributed by atoms with Gasteiger partial charge in [-0.05, 0) is 58.5 Å². The van der Waals surface area contributed by atoms with Crippen molar-refractivity contribution in [2.45, 2.75) is 50.7 Å². The van der Waals surface area contributed by atoms with Crippen molar-refractivity contribution in [2.24, 2.45) is 10.1 Å². The lowest BCUT2D eigenvalue weighted by Gasteiger charge is -2.31. The number of rotatable bonds is 15. The van der Waals surface area contributed by atoms with E-state index < -0.39 is 11.6 Å². The third kappa shape index (κ3) is 7.57. The standard InChI is InChI=1S/C37H39N5O4/c1-2-3-9-23-39-36(44)37(26-31-13-7-8-14-33(31)41-42-38)34(29-17-15-28(16-18-29)27-11-5-4-6-12-27)46-35(40-37)30-19-21-32(22-20-30)45-25-10-24-43/h4-8,11-22,34,43H,2-3,9-10,23-26H2,1H3,(H,39,44)/t34-,37-/m1/s1. The van der Waals surface area contributed by atoms with Crippen molar-refractivity contribution in [2.75, 3.05) is 19.8 Å². The lowest BCUT2D eigenvalue weighted by atomic mass is 9.81. The molecule has 4 aromatic rings. The molecule has 46 heavy (non-hydrogen) atoms. The third-order valence-electron chi connectivity index (χ3n) is 8.02. The molecule has 236 valence electrons. The Hall–Kier alpha value is -5.11. The van der Waals surface area contributed by atoms with Gasteiger partial charge in [-0.1, -0.05) is 104 Å². The van der Waals surface area contributed by atoms with Crippen LogP contribution in [-0.2, 0) is 16.0 Å². The van der Waals surface area contributed by atoms with Gasteiger partial charge in [-0.2, -0.15) is 0 Å².